The first-order valence-electron chi connectivity index (χ1n) is 14.0. The van der Waals surface area contributed by atoms with Crippen molar-refractivity contribution in [3.63, 3.8) is 0 Å². The van der Waals surface area contributed by atoms with Gasteiger partial charge in [0.25, 0.3) is 0 Å². The van der Waals surface area contributed by atoms with E-state index in [0.29, 0.717) is 36.8 Å². The molecule has 11 nitrogen and oxygen atoms in total. The molecule has 1 amide bonds. The Labute approximate surface area is 233 Å². The van der Waals surface area contributed by atoms with Gasteiger partial charge in [-0.2, -0.15) is 9.97 Å². The summed E-state index contributed by atoms with van der Waals surface area (Å²) in [5.74, 6) is 1.75. The van der Waals surface area contributed by atoms with E-state index in [4.69, 9.17) is 19.4 Å². The Balaban J connectivity index is 1.19. The first-order valence-corrected chi connectivity index (χ1v) is 14.0. The van der Waals surface area contributed by atoms with Gasteiger partial charge in [-0.1, -0.05) is 12.8 Å². The van der Waals surface area contributed by atoms with Crippen molar-refractivity contribution in [3.8, 4) is 5.88 Å². The molecule has 1 saturated carbocycles. The fourth-order valence-electron chi connectivity index (χ4n) is 5.59. The molecule has 6 rings (SSSR count). The minimum atomic E-state index is -0.493. The fourth-order valence-corrected chi connectivity index (χ4v) is 5.59. The molecule has 1 saturated heterocycles. The number of methoxy groups -OCH3 is 1. The highest BCUT2D eigenvalue weighted by Crippen LogP contribution is 2.38. The Bertz CT molecular complexity index is 1510. The van der Waals surface area contributed by atoms with Crippen molar-refractivity contribution in [2.24, 2.45) is 0 Å². The van der Waals surface area contributed by atoms with E-state index in [9.17, 15) is 4.79 Å². The molecule has 0 radical (unpaired) electrons. The molecule has 4 aromatic heterocycles. The SMILES string of the molecule is COc1ccc2c3cnc(Nc4ccc(N5CCN(C(=O)OC(C)(C)C)CC5)cn4)nc3n(C3CCCC3)c2n1. The standard InChI is InChI=1S/C29H36N8O3/c1-29(2,3)40-28(38)36-15-13-35(14-16-36)20-9-11-23(30-17-20)32-27-31-18-22-21-10-12-24(39-4)33-25(21)37(26(22)34-27)19-7-5-6-8-19/h9-12,17-19H,5-8,13-16H2,1-4H3,(H,30,31,32,34). The summed E-state index contributed by atoms with van der Waals surface area (Å²) < 4.78 is 13.2. The Kier molecular flexibility index (Phi) is 6.81. The van der Waals surface area contributed by atoms with Gasteiger partial charge in [0.15, 0.2) is 0 Å². The average molecular weight is 545 g/mol. The average Bonchev–Trinajstić information content (AvgIpc) is 3.58. The van der Waals surface area contributed by atoms with Crippen LogP contribution in [0, 0.1) is 0 Å². The monoisotopic (exact) mass is 544 g/mol. The molecule has 1 aliphatic heterocycles. The second-order valence-corrected chi connectivity index (χ2v) is 11.4. The van der Waals surface area contributed by atoms with Crippen molar-refractivity contribution in [3.05, 3.63) is 36.7 Å². The van der Waals surface area contributed by atoms with E-state index in [0.717, 1.165) is 53.7 Å². The highest BCUT2D eigenvalue weighted by molar-refractivity contribution is 6.05. The number of carbonyl (C=O) groups is 1. The van der Waals surface area contributed by atoms with Gasteiger partial charge in [0.05, 0.1) is 19.0 Å². The largest absolute Gasteiger partial charge is 0.481 e. The molecule has 0 atom stereocenters. The lowest BCUT2D eigenvalue weighted by atomic mass is 10.2. The van der Waals surface area contributed by atoms with Crippen molar-refractivity contribution < 1.29 is 14.3 Å². The van der Waals surface area contributed by atoms with Crippen molar-refractivity contribution in [2.75, 3.05) is 43.5 Å². The van der Waals surface area contributed by atoms with E-state index in [2.05, 4.69) is 24.8 Å². The highest BCUT2D eigenvalue weighted by Gasteiger charge is 2.27. The van der Waals surface area contributed by atoms with Gasteiger partial charge in [-0.15, -0.1) is 0 Å². The first-order chi connectivity index (χ1) is 19.3. The summed E-state index contributed by atoms with van der Waals surface area (Å²) >= 11 is 0. The van der Waals surface area contributed by atoms with E-state index in [1.807, 2.05) is 57.4 Å². The zero-order valence-electron chi connectivity index (χ0n) is 23.6. The number of nitrogens with zero attached hydrogens (tertiary/aromatic N) is 7. The molecule has 0 unspecified atom stereocenters. The van der Waals surface area contributed by atoms with Gasteiger partial charge in [0, 0.05) is 55.3 Å². The lowest BCUT2D eigenvalue weighted by molar-refractivity contribution is 0.0240. The predicted molar refractivity (Wildman–Crippen MR) is 154 cm³/mol. The molecule has 11 heteroatoms. The Hall–Kier alpha value is -4.15. The number of aromatic nitrogens is 5. The van der Waals surface area contributed by atoms with Crippen LogP contribution in [-0.2, 0) is 4.74 Å². The van der Waals surface area contributed by atoms with Crippen LogP contribution in [0.4, 0.5) is 22.2 Å². The lowest BCUT2D eigenvalue weighted by Gasteiger charge is -2.36. The second-order valence-electron chi connectivity index (χ2n) is 11.4. The summed E-state index contributed by atoms with van der Waals surface area (Å²) in [5, 5.41) is 5.29. The van der Waals surface area contributed by atoms with Crippen LogP contribution in [0.15, 0.2) is 36.7 Å². The number of nitrogens with one attached hydrogen (secondary N) is 1. The molecule has 1 N–H and O–H groups in total. The van der Waals surface area contributed by atoms with E-state index in [1.54, 1.807) is 12.0 Å². The van der Waals surface area contributed by atoms with E-state index < -0.39 is 5.60 Å². The van der Waals surface area contributed by atoms with Crippen molar-refractivity contribution >= 4 is 45.6 Å². The Morgan fingerprint density at radius 3 is 2.35 bits per heavy atom. The normalized spacial score (nSPS) is 16.6. The third-order valence-electron chi connectivity index (χ3n) is 7.55. The minimum Gasteiger partial charge on any atom is -0.481 e. The second kappa shape index (κ2) is 10.4. The number of carbonyl (C=O) groups excluding carboxylic acids is 1. The van der Waals surface area contributed by atoms with Gasteiger partial charge in [-0.3, -0.25) is 0 Å². The van der Waals surface area contributed by atoms with Crippen LogP contribution in [0.25, 0.3) is 22.1 Å². The number of piperazine rings is 1. The fraction of sp³-hybridized carbons (Fsp3) is 0.483. The Morgan fingerprint density at radius 1 is 0.925 bits per heavy atom. The number of rotatable bonds is 5. The summed E-state index contributed by atoms with van der Waals surface area (Å²) in [4.78, 5) is 35.3. The molecule has 210 valence electrons. The number of ether oxygens (including phenoxy) is 2. The minimum absolute atomic E-state index is 0.260. The van der Waals surface area contributed by atoms with Crippen molar-refractivity contribution in [1.29, 1.82) is 0 Å². The summed E-state index contributed by atoms with van der Waals surface area (Å²) in [7, 11) is 1.64. The molecule has 40 heavy (non-hydrogen) atoms. The molecule has 5 heterocycles. The highest BCUT2D eigenvalue weighted by atomic mass is 16.6. The van der Waals surface area contributed by atoms with Crippen LogP contribution in [0.5, 0.6) is 5.88 Å². The number of hydrogen-bond donors (Lipinski definition) is 1. The van der Waals surface area contributed by atoms with E-state index in [1.165, 1.54) is 12.8 Å². The maximum absolute atomic E-state index is 12.4. The number of pyridine rings is 2. The van der Waals surface area contributed by atoms with Crippen molar-refractivity contribution in [1.82, 2.24) is 29.4 Å². The molecule has 1 aliphatic carbocycles. The molecule has 0 spiro atoms. The number of fused-ring (bicyclic) bond motifs is 3. The quantitative estimate of drug-likeness (QED) is 0.358. The molecular formula is C29H36N8O3. The maximum Gasteiger partial charge on any atom is 0.410 e. The van der Waals surface area contributed by atoms with Gasteiger partial charge < -0.3 is 29.2 Å². The zero-order valence-corrected chi connectivity index (χ0v) is 23.6. The zero-order chi connectivity index (χ0) is 27.9. The van der Waals surface area contributed by atoms with Crippen LogP contribution < -0.4 is 15.0 Å². The topological polar surface area (TPSA) is 111 Å². The third kappa shape index (κ3) is 5.20. The van der Waals surface area contributed by atoms with Gasteiger partial charge in [-0.25, -0.2) is 14.8 Å². The summed E-state index contributed by atoms with van der Waals surface area (Å²) in [6.45, 7) is 8.31. The van der Waals surface area contributed by atoms with Crippen molar-refractivity contribution in [2.45, 2.75) is 58.1 Å². The van der Waals surface area contributed by atoms with Crippen LogP contribution in [0.3, 0.4) is 0 Å². The van der Waals surface area contributed by atoms with E-state index >= 15 is 0 Å². The molecular weight excluding hydrogens is 508 g/mol. The number of hydrogen-bond acceptors (Lipinski definition) is 9. The first kappa shape index (κ1) is 26.1. The number of amides is 1. The predicted octanol–water partition coefficient (Wildman–Crippen LogP) is 5.30. The van der Waals surface area contributed by atoms with Gasteiger partial charge in [0.1, 0.15) is 22.7 Å². The third-order valence-corrected chi connectivity index (χ3v) is 7.55. The van der Waals surface area contributed by atoms with Crippen LogP contribution in [0.2, 0.25) is 0 Å². The molecule has 4 aromatic rings. The van der Waals surface area contributed by atoms with Gasteiger partial charge >= 0.3 is 6.09 Å². The molecule has 0 aromatic carbocycles. The van der Waals surface area contributed by atoms with Crippen LogP contribution in [-0.4, -0.2) is 74.4 Å². The van der Waals surface area contributed by atoms with Crippen LogP contribution in [0.1, 0.15) is 52.5 Å². The number of anilines is 3. The molecule has 0 bridgehead atoms. The Morgan fingerprint density at radius 2 is 1.68 bits per heavy atom. The molecule has 2 aliphatic rings. The summed E-state index contributed by atoms with van der Waals surface area (Å²) in [6.07, 6.45) is 8.08. The van der Waals surface area contributed by atoms with Gasteiger partial charge in [0.2, 0.25) is 11.8 Å². The van der Waals surface area contributed by atoms with E-state index in [-0.39, 0.29) is 6.09 Å². The smallest absolute Gasteiger partial charge is 0.410 e. The van der Waals surface area contributed by atoms with Crippen LogP contribution >= 0.6 is 0 Å². The van der Waals surface area contributed by atoms with Gasteiger partial charge in [-0.05, 0) is 51.8 Å². The molecule has 2 fully saturated rings. The maximum atomic E-state index is 12.4. The lowest BCUT2D eigenvalue weighted by Crippen LogP contribution is -2.50. The summed E-state index contributed by atoms with van der Waals surface area (Å²) in [5.41, 5.74) is 2.28. The summed E-state index contributed by atoms with van der Waals surface area (Å²) in [6, 6.07) is 8.25.